The Morgan fingerprint density at radius 2 is 1.57 bits per heavy atom. The van der Waals surface area contributed by atoms with Gasteiger partial charge in [0.15, 0.2) is 4.21 Å². The third-order valence-electron chi connectivity index (χ3n) is 3.58. The predicted octanol–water partition coefficient (Wildman–Crippen LogP) is 3.45. The van der Waals surface area contributed by atoms with Crippen LogP contribution in [0.1, 0.15) is 31.2 Å². The van der Waals surface area contributed by atoms with Crippen LogP contribution >= 0.6 is 11.3 Å². The van der Waals surface area contributed by atoms with E-state index >= 15 is 0 Å². The van der Waals surface area contributed by atoms with E-state index in [4.69, 9.17) is 0 Å². The van der Waals surface area contributed by atoms with Gasteiger partial charge in [0.1, 0.15) is 4.88 Å². The van der Waals surface area contributed by atoms with E-state index in [-0.39, 0.29) is 21.7 Å². The molecule has 2 aromatic rings. The summed E-state index contributed by atoms with van der Waals surface area (Å²) < 4.78 is 74.0. The average molecular weight is 437 g/mol. The number of halogens is 3. The van der Waals surface area contributed by atoms with Crippen molar-refractivity contribution >= 4 is 39.0 Å². The van der Waals surface area contributed by atoms with Crippen LogP contribution in [0.15, 0.2) is 28.5 Å². The summed E-state index contributed by atoms with van der Waals surface area (Å²) in [6.07, 6.45) is -4.57. The number of carbonyl (C=O) groups is 2. The molecular weight excluding hydrogens is 423 g/mol. The lowest BCUT2D eigenvalue weighted by Gasteiger charge is -2.10. The number of ether oxygens (including phenoxy) is 2. The number of nitrogens with one attached hydrogen (secondary N) is 1. The third-order valence-corrected chi connectivity index (χ3v) is 6.75. The molecule has 0 atom stereocenters. The fourth-order valence-electron chi connectivity index (χ4n) is 2.23. The van der Waals surface area contributed by atoms with Gasteiger partial charge in [-0.2, -0.15) is 13.2 Å². The zero-order chi connectivity index (χ0) is 21.3. The van der Waals surface area contributed by atoms with Crippen molar-refractivity contribution in [1.82, 2.24) is 0 Å². The summed E-state index contributed by atoms with van der Waals surface area (Å²) >= 11 is 0.490. The van der Waals surface area contributed by atoms with Crippen LogP contribution in [0.3, 0.4) is 0 Å². The Bertz CT molecular complexity index is 1010. The molecule has 0 aliphatic rings. The number of sulfonamides is 1. The van der Waals surface area contributed by atoms with Crippen LogP contribution in [0, 0.1) is 6.92 Å². The van der Waals surface area contributed by atoms with Crippen molar-refractivity contribution < 1.29 is 40.7 Å². The van der Waals surface area contributed by atoms with Gasteiger partial charge >= 0.3 is 18.1 Å². The topological polar surface area (TPSA) is 98.8 Å². The molecule has 28 heavy (non-hydrogen) atoms. The molecule has 0 saturated carbocycles. The number of methoxy groups -OCH3 is 2. The molecule has 1 heterocycles. The molecule has 0 radical (unpaired) electrons. The van der Waals surface area contributed by atoms with Crippen LogP contribution in [0.5, 0.6) is 0 Å². The highest BCUT2D eigenvalue weighted by Crippen LogP contribution is 2.35. The molecule has 0 bridgehead atoms. The van der Waals surface area contributed by atoms with E-state index < -0.39 is 37.9 Å². The van der Waals surface area contributed by atoms with Gasteiger partial charge in [0, 0.05) is 5.69 Å². The summed E-state index contributed by atoms with van der Waals surface area (Å²) in [5.74, 6) is -1.83. The van der Waals surface area contributed by atoms with Crippen LogP contribution in [0.25, 0.3) is 0 Å². The summed E-state index contributed by atoms with van der Waals surface area (Å²) in [7, 11) is -2.28. The molecule has 2 rings (SSSR count). The minimum atomic E-state index is -4.57. The molecule has 0 saturated heterocycles. The molecule has 0 amide bonds. The molecule has 1 aromatic carbocycles. The number of esters is 2. The van der Waals surface area contributed by atoms with Gasteiger partial charge < -0.3 is 9.47 Å². The summed E-state index contributed by atoms with van der Waals surface area (Å²) in [6.45, 7) is 1.35. The van der Waals surface area contributed by atoms with Crippen LogP contribution in [0.4, 0.5) is 18.9 Å². The monoisotopic (exact) mass is 437 g/mol. The number of hydrogen-bond acceptors (Lipinski definition) is 7. The van der Waals surface area contributed by atoms with Crippen molar-refractivity contribution in [2.45, 2.75) is 17.3 Å². The second kappa shape index (κ2) is 7.80. The SMILES string of the molecule is COC(=O)c1sc(S(=O)(=O)Nc2ccc(C(F)(F)F)cc2)c(C(=O)OC)c1C. The standard InChI is InChI=1S/C16H14F3NO6S2/c1-8-11(13(21)25-2)15(27-12(8)14(22)26-3)28(23,24)20-10-6-4-9(5-7-10)16(17,18)19/h4-7,20H,1-3H3. The van der Waals surface area contributed by atoms with Crippen LogP contribution in [-0.4, -0.2) is 34.6 Å². The lowest BCUT2D eigenvalue weighted by molar-refractivity contribution is -0.137. The van der Waals surface area contributed by atoms with Gasteiger partial charge in [-0.1, -0.05) is 0 Å². The van der Waals surface area contributed by atoms with Crippen molar-refractivity contribution in [1.29, 1.82) is 0 Å². The minimum absolute atomic E-state index is 0.0523. The lowest BCUT2D eigenvalue weighted by Crippen LogP contribution is -2.16. The molecule has 12 heteroatoms. The number of thiophene rings is 1. The fourth-order valence-corrected chi connectivity index (χ4v) is 5.03. The van der Waals surface area contributed by atoms with E-state index in [2.05, 4.69) is 14.2 Å². The highest BCUT2D eigenvalue weighted by Gasteiger charge is 2.33. The fraction of sp³-hybridized carbons (Fsp3) is 0.250. The van der Waals surface area contributed by atoms with E-state index in [1.165, 1.54) is 6.92 Å². The highest BCUT2D eigenvalue weighted by atomic mass is 32.2. The number of hydrogen-bond donors (Lipinski definition) is 1. The summed E-state index contributed by atoms with van der Waals surface area (Å²) in [5.41, 5.74) is -1.41. The zero-order valence-corrected chi connectivity index (χ0v) is 16.3. The third kappa shape index (κ3) is 4.28. The van der Waals surface area contributed by atoms with E-state index in [9.17, 15) is 31.2 Å². The number of rotatable bonds is 5. The van der Waals surface area contributed by atoms with E-state index in [0.717, 1.165) is 26.4 Å². The molecule has 7 nitrogen and oxygen atoms in total. The molecule has 1 aromatic heterocycles. The predicted molar refractivity (Wildman–Crippen MR) is 94.0 cm³/mol. The van der Waals surface area contributed by atoms with Gasteiger partial charge in [-0.15, -0.1) is 11.3 Å². The van der Waals surface area contributed by atoms with Gasteiger partial charge in [-0.25, -0.2) is 18.0 Å². The number of benzene rings is 1. The van der Waals surface area contributed by atoms with Gasteiger partial charge in [-0.05, 0) is 36.8 Å². The summed E-state index contributed by atoms with van der Waals surface area (Å²) in [4.78, 5) is 23.8. The molecular formula is C16H14F3NO6S2. The average Bonchev–Trinajstić information content (AvgIpc) is 2.98. The molecule has 0 unspecified atom stereocenters. The van der Waals surface area contributed by atoms with Gasteiger partial charge in [0.05, 0.1) is 25.3 Å². The number of carbonyl (C=O) groups excluding carboxylic acids is 2. The number of alkyl halides is 3. The quantitative estimate of drug-likeness (QED) is 0.720. The van der Waals surface area contributed by atoms with Gasteiger partial charge in [-0.3, -0.25) is 4.72 Å². The Labute approximate surface area is 162 Å². The second-order valence-electron chi connectivity index (χ2n) is 5.38. The first-order valence-electron chi connectivity index (χ1n) is 7.42. The normalized spacial score (nSPS) is 11.8. The highest BCUT2D eigenvalue weighted by molar-refractivity contribution is 7.94. The van der Waals surface area contributed by atoms with Crippen LogP contribution < -0.4 is 4.72 Å². The van der Waals surface area contributed by atoms with Crippen molar-refractivity contribution in [2.75, 3.05) is 18.9 Å². The second-order valence-corrected chi connectivity index (χ2v) is 8.28. The molecule has 0 spiro atoms. The lowest BCUT2D eigenvalue weighted by atomic mass is 10.2. The van der Waals surface area contributed by atoms with Crippen molar-refractivity contribution in [3.05, 3.63) is 45.8 Å². The Morgan fingerprint density at radius 1 is 1.04 bits per heavy atom. The van der Waals surface area contributed by atoms with Crippen LogP contribution in [0.2, 0.25) is 0 Å². The van der Waals surface area contributed by atoms with Crippen LogP contribution in [-0.2, 0) is 25.7 Å². The summed E-state index contributed by atoms with van der Waals surface area (Å²) in [5, 5.41) is 0. The Balaban J connectivity index is 2.50. The van der Waals surface area contributed by atoms with Crippen molar-refractivity contribution in [2.24, 2.45) is 0 Å². The van der Waals surface area contributed by atoms with Gasteiger partial charge in [0.2, 0.25) is 0 Å². The maximum atomic E-state index is 12.7. The van der Waals surface area contributed by atoms with Crippen molar-refractivity contribution in [3.8, 4) is 0 Å². The first-order valence-corrected chi connectivity index (χ1v) is 9.72. The van der Waals surface area contributed by atoms with E-state index in [1.807, 2.05) is 0 Å². The molecule has 0 aliphatic carbocycles. The molecule has 1 N–H and O–H groups in total. The molecule has 0 fully saturated rings. The van der Waals surface area contributed by atoms with Gasteiger partial charge in [0.25, 0.3) is 10.0 Å². The maximum absolute atomic E-state index is 12.7. The Morgan fingerprint density at radius 3 is 2.04 bits per heavy atom. The largest absolute Gasteiger partial charge is 0.465 e. The Kier molecular flexibility index (Phi) is 6.04. The minimum Gasteiger partial charge on any atom is -0.465 e. The first kappa shape index (κ1) is 21.7. The molecule has 0 aliphatic heterocycles. The first-order chi connectivity index (χ1) is 12.9. The smallest absolute Gasteiger partial charge is 0.416 e. The van der Waals surface area contributed by atoms with Crippen molar-refractivity contribution in [3.63, 3.8) is 0 Å². The summed E-state index contributed by atoms with van der Waals surface area (Å²) in [6, 6.07) is 3.27. The van der Waals surface area contributed by atoms with E-state index in [0.29, 0.717) is 23.5 Å². The van der Waals surface area contributed by atoms with E-state index in [1.54, 1.807) is 0 Å². The zero-order valence-electron chi connectivity index (χ0n) is 14.7. The Hall–Kier alpha value is -2.60. The number of anilines is 1. The maximum Gasteiger partial charge on any atom is 0.416 e. The molecule has 152 valence electrons.